The zero-order valence-corrected chi connectivity index (χ0v) is 11.6. The molecule has 6 nitrogen and oxygen atoms in total. The van der Waals surface area contributed by atoms with Crippen molar-refractivity contribution in [3.05, 3.63) is 53.1 Å². The first-order valence-corrected chi connectivity index (χ1v) is 6.57. The number of nitrogens with two attached hydrogens (primary N) is 1. The van der Waals surface area contributed by atoms with Gasteiger partial charge >= 0.3 is 0 Å². The maximum absolute atomic E-state index is 12.3. The van der Waals surface area contributed by atoms with Gasteiger partial charge in [0.15, 0.2) is 0 Å². The number of fused-ring (bicyclic) bond motifs is 1. The Kier molecular flexibility index (Phi) is 3.47. The highest BCUT2D eigenvalue weighted by Crippen LogP contribution is 2.21. The fourth-order valence-electron chi connectivity index (χ4n) is 2.02. The maximum atomic E-state index is 12.3. The Labute approximate surface area is 125 Å². The number of nitrogens with one attached hydrogen (secondary N) is 3. The normalized spacial score (nSPS) is 10.6. The van der Waals surface area contributed by atoms with Gasteiger partial charge in [-0.2, -0.15) is 0 Å². The van der Waals surface area contributed by atoms with E-state index in [0.717, 1.165) is 11.0 Å². The molecule has 1 heterocycles. The summed E-state index contributed by atoms with van der Waals surface area (Å²) in [5.41, 5.74) is 4.90. The Bertz CT molecular complexity index is 781. The lowest BCUT2D eigenvalue weighted by Crippen LogP contribution is -2.17. The second-order valence-corrected chi connectivity index (χ2v) is 4.83. The van der Waals surface area contributed by atoms with E-state index in [9.17, 15) is 4.79 Å². The Morgan fingerprint density at radius 1 is 1.24 bits per heavy atom. The number of halogens is 1. The average molecular weight is 302 g/mol. The molecule has 0 aliphatic rings. The topological polar surface area (TPSA) is 95.8 Å². The molecule has 21 heavy (non-hydrogen) atoms. The number of aromatic amines is 1. The Morgan fingerprint density at radius 2 is 2.05 bits per heavy atom. The van der Waals surface area contributed by atoms with E-state index in [4.69, 9.17) is 17.4 Å². The summed E-state index contributed by atoms with van der Waals surface area (Å²) in [7, 11) is 0. The summed E-state index contributed by atoms with van der Waals surface area (Å²) in [6, 6.07) is 12.3. The molecule has 1 aromatic heterocycles. The summed E-state index contributed by atoms with van der Waals surface area (Å²) >= 11 is 5.91. The summed E-state index contributed by atoms with van der Waals surface area (Å²) in [5.74, 6) is 5.40. The number of amides is 1. The monoisotopic (exact) mass is 301 g/mol. The smallest absolute Gasteiger partial charge is 0.260 e. The summed E-state index contributed by atoms with van der Waals surface area (Å²) in [5, 5.41) is 3.14. The molecule has 5 N–H and O–H groups in total. The van der Waals surface area contributed by atoms with E-state index in [-0.39, 0.29) is 5.91 Å². The van der Waals surface area contributed by atoms with Crippen molar-refractivity contribution in [2.24, 2.45) is 5.84 Å². The van der Waals surface area contributed by atoms with Crippen molar-refractivity contribution in [2.75, 3.05) is 10.7 Å². The van der Waals surface area contributed by atoms with Gasteiger partial charge in [-0.1, -0.05) is 23.7 Å². The molecule has 3 rings (SSSR count). The second kappa shape index (κ2) is 5.43. The molecule has 0 unspecified atom stereocenters. The molecule has 2 aromatic carbocycles. The van der Waals surface area contributed by atoms with E-state index >= 15 is 0 Å². The average Bonchev–Trinajstić information content (AvgIpc) is 2.89. The summed E-state index contributed by atoms with van der Waals surface area (Å²) in [4.78, 5) is 19.6. The molecule has 0 radical (unpaired) electrons. The third kappa shape index (κ3) is 2.67. The van der Waals surface area contributed by atoms with Crippen LogP contribution in [0.15, 0.2) is 42.5 Å². The molecular formula is C14H12ClN5O. The van der Waals surface area contributed by atoms with Crippen LogP contribution in [0.2, 0.25) is 5.02 Å². The van der Waals surface area contributed by atoms with E-state index in [1.54, 1.807) is 12.1 Å². The van der Waals surface area contributed by atoms with E-state index in [1.165, 1.54) is 6.07 Å². The molecule has 3 aromatic rings. The highest BCUT2D eigenvalue weighted by Gasteiger charge is 2.13. The minimum absolute atomic E-state index is 0.338. The van der Waals surface area contributed by atoms with E-state index in [0.29, 0.717) is 22.2 Å². The predicted octanol–water partition coefficient (Wildman–Crippen LogP) is 2.75. The number of nitrogens with zero attached hydrogens (tertiary/aromatic N) is 1. The van der Waals surface area contributed by atoms with Gasteiger partial charge in [0.1, 0.15) is 0 Å². The second-order valence-electron chi connectivity index (χ2n) is 4.39. The van der Waals surface area contributed by atoms with Gasteiger partial charge in [0.25, 0.3) is 5.91 Å². The molecule has 0 bridgehead atoms. The van der Waals surface area contributed by atoms with Crippen molar-refractivity contribution in [3.8, 4) is 0 Å². The van der Waals surface area contributed by atoms with Crippen LogP contribution in [0.25, 0.3) is 11.0 Å². The maximum Gasteiger partial charge on any atom is 0.260 e. The molecule has 0 spiro atoms. The lowest BCUT2D eigenvalue weighted by molar-refractivity contribution is 0.102. The van der Waals surface area contributed by atoms with Crippen molar-refractivity contribution in [2.45, 2.75) is 0 Å². The van der Waals surface area contributed by atoms with Crippen LogP contribution in [0.5, 0.6) is 0 Å². The SMILES string of the molecule is NNc1ccc(Cl)cc1C(=O)Nc1nc2ccccc2[nH]1. The highest BCUT2D eigenvalue weighted by molar-refractivity contribution is 6.31. The van der Waals surface area contributed by atoms with Crippen LogP contribution in [0.1, 0.15) is 10.4 Å². The predicted molar refractivity (Wildman–Crippen MR) is 83.3 cm³/mol. The number of hydrazine groups is 1. The van der Waals surface area contributed by atoms with Gasteiger partial charge in [-0.3, -0.25) is 16.0 Å². The van der Waals surface area contributed by atoms with E-state index in [2.05, 4.69) is 20.7 Å². The van der Waals surface area contributed by atoms with Crippen molar-refractivity contribution in [3.63, 3.8) is 0 Å². The van der Waals surface area contributed by atoms with Crippen molar-refractivity contribution >= 4 is 40.2 Å². The zero-order chi connectivity index (χ0) is 14.8. The molecule has 1 amide bonds. The van der Waals surface area contributed by atoms with Crippen LogP contribution < -0.4 is 16.6 Å². The van der Waals surface area contributed by atoms with Gasteiger partial charge in [0, 0.05) is 5.02 Å². The highest BCUT2D eigenvalue weighted by atomic mass is 35.5. The summed E-state index contributed by atoms with van der Waals surface area (Å²) in [6.07, 6.45) is 0. The number of carbonyl (C=O) groups is 1. The lowest BCUT2D eigenvalue weighted by Gasteiger charge is -2.08. The number of aromatic nitrogens is 2. The Balaban J connectivity index is 1.90. The van der Waals surface area contributed by atoms with Crippen LogP contribution in [-0.4, -0.2) is 15.9 Å². The summed E-state index contributed by atoms with van der Waals surface area (Å²) in [6.45, 7) is 0. The molecule has 0 saturated carbocycles. The quantitative estimate of drug-likeness (QED) is 0.442. The Morgan fingerprint density at radius 3 is 2.81 bits per heavy atom. The number of imidazole rings is 1. The third-order valence-electron chi connectivity index (χ3n) is 3.00. The molecule has 0 saturated heterocycles. The molecule has 0 fully saturated rings. The van der Waals surface area contributed by atoms with Crippen LogP contribution >= 0.6 is 11.6 Å². The van der Waals surface area contributed by atoms with Crippen LogP contribution in [0.3, 0.4) is 0 Å². The van der Waals surface area contributed by atoms with Gasteiger partial charge in [0.05, 0.1) is 22.3 Å². The van der Waals surface area contributed by atoms with E-state index < -0.39 is 0 Å². The third-order valence-corrected chi connectivity index (χ3v) is 3.24. The fraction of sp³-hybridized carbons (Fsp3) is 0. The zero-order valence-electron chi connectivity index (χ0n) is 10.9. The number of para-hydroxylation sites is 2. The van der Waals surface area contributed by atoms with Crippen molar-refractivity contribution in [1.29, 1.82) is 0 Å². The van der Waals surface area contributed by atoms with Gasteiger partial charge in [-0.15, -0.1) is 0 Å². The van der Waals surface area contributed by atoms with Crippen LogP contribution in [0.4, 0.5) is 11.6 Å². The first kappa shape index (κ1) is 13.4. The van der Waals surface area contributed by atoms with Gasteiger partial charge in [-0.05, 0) is 30.3 Å². The van der Waals surface area contributed by atoms with Gasteiger partial charge in [0.2, 0.25) is 5.95 Å². The number of benzene rings is 2. The molecule has 0 aliphatic carbocycles. The standard InChI is InChI=1S/C14H12ClN5O/c15-8-5-6-10(20-16)9(7-8)13(21)19-14-17-11-3-1-2-4-12(11)18-14/h1-7,20H,16H2,(H2,17,18,19,21). The van der Waals surface area contributed by atoms with E-state index in [1.807, 2.05) is 24.3 Å². The molecular weight excluding hydrogens is 290 g/mol. The summed E-state index contributed by atoms with van der Waals surface area (Å²) < 4.78 is 0. The molecule has 106 valence electrons. The number of rotatable bonds is 3. The molecule has 7 heteroatoms. The molecule has 0 atom stereocenters. The first-order chi connectivity index (χ1) is 10.2. The number of nitrogen functional groups attached to an aromatic ring is 1. The lowest BCUT2D eigenvalue weighted by atomic mass is 10.1. The van der Waals surface area contributed by atoms with Gasteiger partial charge < -0.3 is 10.4 Å². The largest absolute Gasteiger partial charge is 0.324 e. The van der Waals surface area contributed by atoms with Crippen molar-refractivity contribution in [1.82, 2.24) is 9.97 Å². The fourth-order valence-corrected chi connectivity index (χ4v) is 2.19. The molecule has 0 aliphatic heterocycles. The first-order valence-electron chi connectivity index (χ1n) is 6.19. The number of anilines is 2. The number of H-pyrrole nitrogens is 1. The Hall–Kier alpha value is -2.57. The number of hydrogen-bond donors (Lipinski definition) is 4. The van der Waals surface area contributed by atoms with Crippen molar-refractivity contribution < 1.29 is 4.79 Å². The number of carbonyl (C=O) groups excluding carboxylic acids is 1. The van der Waals surface area contributed by atoms with Crippen LogP contribution in [0, 0.1) is 0 Å². The number of hydrogen-bond acceptors (Lipinski definition) is 4. The van der Waals surface area contributed by atoms with Crippen LogP contribution in [-0.2, 0) is 0 Å². The minimum atomic E-state index is -0.357. The minimum Gasteiger partial charge on any atom is -0.324 e. The van der Waals surface area contributed by atoms with Gasteiger partial charge in [-0.25, -0.2) is 4.98 Å².